The van der Waals surface area contributed by atoms with Crippen LogP contribution in [-0.2, 0) is 11.2 Å². The van der Waals surface area contributed by atoms with Gasteiger partial charge in [-0.2, -0.15) is 5.10 Å². The minimum atomic E-state index is -0.354. The number of nitrogens with two attached hydrogens (primary N) is 1. The zero-order chi connectivity index (χ0) is 14.0. The number of anilines is 1. The third kappa shape index (κ3) is 2.58. The summed E-state index contributed by atoms with van der Waals surface area (Å²) in [7, 11) is 0. The number of amides is 1. The van der Waals surface area contributed by atoms with Crippen molar-refractivity contribution in [2.45, 2.75) is 51.7 Å². The molecule has 19 heavy (non-hydrogen) atoms. The van der Waals surface area contributed by atoms with E-state index < -0.39 is 0 Å². The molecular formula is C13H22N4O2. The van der Waals surface area contributed by atoms with Crippen molar-refractivity contribution in [3.63, 3.8) is 0 Å². The van der Waals surface area contributed by atoms with Gasteiger partial charge >= 0.3 is 0 Å². The Labute approximate surface area is 113 Å². The largest absolute Gasteiger partial charge is 0.395 e. The highest BCUT2D eigenvalue weighted by Gasteiger charge is 2.39. The fourth-order valence-electron chi connectivity index (χ4n) is 2.32. The van der Waals surface area contributed by atoms with Crippen molar-refractivity contribution >= 4 is 11.6 Å². The molecule has 1 aliphatic heterocycles. The molecule has 0 bridgehead atoms. The van der Waals surface area contributed by atoms with Crippen molar-refractivity contribution in [1.82, 2.24) is 15.5 Å². The Morgan fingerprint density at radius 3 is 3.00 bits per heavy atom. The van der Waals surface area contributed by atoms with Crippen LogP contribution in [0.1, 0.15) is 49.8 Å². The zero-order valence-corrected chi connectivity index (χ0v) is 11.7. The molecule has 1 amide bonds. The van der Waals surface area contributed by atoms with Crippen LogP contribution in [0.2, 0.25) is 0 Å². The monoisotopic (exact) mass is 266 g/mol. The molecule has 0 radical (unpaired) electrons. The molecule has 6 nitrogen and oxygen atoms in total. The van der Waals surface area contributed by atoms with Gasteiger partial charge in [-0.05, 0) is 26.7 Å². The normalized spacial score (nSPS) is 26.6. The second-order valence-electron chi connectivity index (χ2n) is 5.35. The van der Waals surface area contributed by atoms with Gasteiger partial charge < -0.3 is 15.8 Å². The molecule has 1 saturated heterocycles. The van der Waals surface area contributed by atoms with E-state index in [4.69, 9.17) is 10.5 Å². The number of rotatable bonds is 4. The first kappa shape index (κ1) is 13.9. The summed E-state index contributed by atoms with van der Waals surface area (Å²) in [4.78, 5) is 12.3. The number of hydrogen-bond acceptors (Lipinski definition) is 4. The third-order valence-corrected chi connectivity index (χ3v) is 3.88. The van der Waals surface area contributed by atoms with Gasteiger partial charge in [0, 0.05) is 6.61 Å². The van der Waals surface area contributed by atoms with Crippen LogP contribution in [-0.4, -0.2) is 34.4 Å². The molecule has 106 valence electrons. The van der Waals surface area contributed by atoms with Gasteiger partial charge in [0.1, 0.15) is 0 Å². The van der Waals surface area contributed by atoms with Crippen LogP contribution in [0.3, 0.4) is 0 Å². The molecule has 1 aromatic rings. The Kier molecular flexibility index (Phi) is 3.80. The molecule has 2 heterocycles. The minimum Gasteiger partial charge on any atom is -0.395 e. The molecule has 1 aromatic heterocycles. The zero-order valence-electron chi connectivity index (χ0n) is 11.7. The fourth-order valence-corrected chi connectivity index (χ4v) is 2.32. The number of nitrogens with zero attached hydrogens (tertiary/aromatic N) is 1. The van der Waals surface area contributed by atoms with Gasteiger partial charge in [0.2, 0.25) is 0 Å². The van der Waals surface area contributed by atoms with E-state index in [1.165, 1.54) is 0 Å². The van der Waals surface area contributed by atoms with Crippen molar-refractivity contribution in [2.24, 2.45) is 0 Å². The van der Waals surface area contributed by atoms with E-state index in [-0.39, 0.29) is 23.2 Å². The summed E-state index contributed by atoms with van der Waals surface area (Å²) in [6.07, 6.45) is 2.54. The van der Waals surface area contributed by atoms with E-state index in [0.29, 0.717) is 12.3 Å². The first-order valence-electron chi connectivity index (χ1n) is 6.74. The summed E-state index contributed by atoms with van der Waals surface area (Å²) in [5.74, 6) is -0.240. The van der Waals surface area contributed by atoms with Gasteiger partial charge in [-0.3, -0.25) is 9.89 Å². The number of aryl methyl sites for hydroxylation is 1. The number of aromatic nitrogens is 2. The maximum atomic E-state index is 12.3. The Balaban J connectivity index is 2.12. The van der Waals surface area contributed by atoms with Crippen LogP contribution < -0.4 is 11.1 Å². The van der Waals surface area contributed by atoms with Gasteiger partial charge in [0.15, 0.2) is 5.69 Å². The minimum absolute atomic E-state index is 0.00766. The molecule has 4 N–H and O–H groups in total. The number of carbonyl (C=O) groups excluding carboxylic acids is 1. The molecule has 0 aromatic carbocycles. The van der Waals surface area contributed by atoms with E-state index in [0.717, 1.165) is 25.0 Å². The number of hydrogen-bond donors (Lipinski definition) is 3. The lowest BCUT2D eigenvalue weighted by Gasteiger charge is -2.28. The smallest absolute Gasteiger partial charge is 0.274 e. The van der Waals surface area contributed by atoms with E-state index in [1.807, 2.05) is 13.8 Å². The standard InChI is InChI=1S/C13H22N4O2/c1-4-5-9-10(14)11(17-16-9)12(18)15-13(3)6-7-19-8(13)2/h8H,4-7,14H2,1-3H3,(H,15,18)(H,16,17). The van der Waals surface area contributed by atoms with Gasteiger partial charge in [-0.1, -0.05) is 13.3 Å². The van der Waals surface area contributed by atoms with Crippen LogP contribution in [0.25, 0.3) is 0 Å². The topological polar surface area (TPSA) is 93.0 Å². The summed E-state index contributed by atoms with van der Waals surface area (Å²) in [6.45, 7) is 6.66. The third-order valence-electron chi connectivity index (χ3n) is 3.88. The second-order valence-corrected chi connectivity index (χ2v) is 5.35. The second kappa shape index (κ2) is 5.21. The summed E-state index contributed by atoms with van der Waals surface area (Å²) < 4.78 is 5.51. The van der Waals surface area contributed by atoms with Crippen molar-refractivity contribution in [1.29, 1.82) is 0 Å². The van der Waals surface area contributed by atoms with E-state index >= 15 is 0 Å². The highest BCUT2D eigenvalue weighted by atomic mass is 16.5. The lowest BCUT2D eigenvalue weighted by Crippen LogP contribution is -2.50. The number of aromatic amines is 1. The lowest BCUT2D eigenvalue weighted by atomic mass is 9.94. The summed E-state index contributed by atoms with van der Waals surface area (Å²) in [5.41, 5.74) is 7.16. The van der Waals surface area contributed by atoms with Crippen molar-refractivity contribution < 1.29 is 9.53 Å². The maximum absolute atomic E-state index is 12.3. The Morgan fingerprint density at radius 1 is 1.68 bits per heavy atom. The maximum Gasteiger partial charge on any atom is 0.274 e. The highest BCUT2D eigenvalue weighted by molar-refractivity contribution is 5.98. The molecule has 0 saturated carbocycles. The van der Waals surface area contributed by atoms with Crippen LogP contribution in [0, 0.1) is 0 Å². The van der Waals surface area contributed by atoms with E-state index in [2.05, 4.69) is 22.4 Å². The highest BCUT2D eigenvalue weighted by Crippen LogP contribution is 2.26. The van der Waals surface area contributed by atoms with Gasteiger partial charge in [-0.25, -0.2) is 0 Å². The number of carbonyl (C=O) groups is 1. The lowest BCUT2D eigenvalue weighted by molar-refractivity contribution is 0.0724. The average Bonchev–Trinajstić information content (AvgIpc) is 2.86. The van der Waals surface area contributed by atoms with E-state index in [9.17, 15) is 4.79 Å². The molecule has 0 spiro atoms. The number of nitrogen functional groups attached to an aromatic ring is 1. The number of H-pyrrole nitrogens is 1. The molecule has 2 rings (SSSR count). The van der Waals surface area contributed by atoms with Crippen LogP contribution in [0.15, 0.2) is 0 Å². The van der Waals surface area contributed by atoms with Crippen molar-refractivity contribution in [3.05, 3.63) is 11.4 Å². The first-order chi connectivity index (χ1) is 8.98. The SMILES string of the molecule is CCCc1[nH]nc(C(=O)NC2(C)CCOC2C)c1N. The summed E-state index contributed by atoms with van der Waals surface area (Å²) >= 11 is 0. The first-order valence-corrected chi connectivity index (χ1v) is 6.74. The Morgan fingerprint density at radius 2 is 2.42 bits per heavy atom. The van der Waals surface area contributed by atoms with Crippen LogP contribution in [0.4, 0.5) is 5.69 Å². The predicted molar refractivity (Wildman–Crippen MR) is 72.9 cm³/mol. The number of nitrogens with one attached hydrogen (secondary N) is 2. The van der Waals surface area contributed by atoms with E-state index in [1.54, 1.807) is 0 Å². The van der Waals surface area contributed by atoms with Crippen molar-refractivity contribution in [2.75, 3.05) is 12.3 Å². The molecule has 2 atom stereocenters. The molecule has 2 unspecified atom stereocenters. The molecule has 0 aliphatic carbocycles. The number of ether oxygens (including phenoxy) is 1. The summed E-state index contributed by atoms with van der Waals surface area (Å²) in [5, 5.41) is 9.86. The predicted octanol–water partition coefficient (Wildman–Crippen LogP) is 1.24. The molecule has 1 aliphatic rings. The average molecular weight is 266 g/mol. The fraction of sp³-hybridized carbons (Fsp3) is 0.692. The summed E-state index contributed by atoms with van der Waals surface area (Å²) in [6, 6.07) is 0. The van der Waals surface area contributed by atoms with Crippen LogP contribution >= 0.6 is 0 Å². The molecule has 6 heteroatoms. The molecule has 1 fully saturated rings. The van der Waals surface area contributed by atoms with Gasteiger partial charge in [-0.15, -0.1) is 0 Å². The Bertz CT molecular complexity index is 471. The Hall–Kier alpha value is -1.56. The quantitative estimate of drug-likeness (QED) is 0.764. The van der Waals surface area contributed by atoms with Crippen molar-refractivity contribution in [3.8, 4) is 0 Å². The van der Waals surface area contributed by atoms with Crippen LogP contribution in [0.5, 0.6) is 0 Å². The van der Waals surface area contributed by atoms with Gasteiger partial charge in [0.25, 0.3) is 5.91 Å². The van der Waals surface area contributed by atoms with Gasteiger partial charge in [0.05, 0.1) is 23.0 Å². The molecular weight excluding hydrogens is 244 g/mol.